The lowest BCUT2D eigenvalue weighted by Crippen LogP contribution is -2.40. The molecule has 0 bridgehead atoms. The van der Waals surface area contributed by atoms with Crippen LogP contribution in [0.15, 0.2) is 24.3 Å². The molecular weight excluding hydrogens is 252 g/mol. The van der Waals surface area contributed by atoms with Crippen LogP contribution in [0.4, 0.5) is 8.78 Å². The number of halogens is 2. The van der Waals surface area contributed by atoms with Gasteiger partial charge in [0.25, 0.3) is 6.43 Å². The first kappa shape index (κ1) is 14.1. The van der Waals surface area contributed by atoms with Crippen LogP contribution < -0.4 is 4.74 Å². The van der Waals surface area contributed by atoms with Crippen LogP contribution in [0.5, 0.6) is 11.5 Å². The number of alkyl halides is 2. The number of ether oxygens (including phenoxy) is 1. The van der Waals surface area contributed by atoms with Gasteiger partial charge in [-0.1, -0.05) is 0 Å². The maximum Gasteiger partial charge on any atom is 0.251 e. The molecule has 0 amide bonds. The standard InChI is InChI=1S/C14H19F2NO2/c15-14(16)9-17-7-1-2-11(8-17)10-19-13-5-3-12(18)4-6-13/h3-6,11,14,18H,1-2,7-10H2. The molecule has 3 nitrogen and oxygen atoms in total. The number of aromatic hydroxyl groups is 1. The van der Waals surface area contributed by atoms with E-state index in [4.69, 9.17) is 9.84 Å². The second-order valence-corrected chi connectivity index (χ2v) is 4.96. The minimum atomic E-state index is -2.27. The first-order valence-corrected chi connectivity index (χ1v) is 6.56. The predicted octanol–water partition coefficient (Wildman–Crippen LogP) is 2.75. The Balaban J connectivity index is 1.77. The first-order chi connectivity index (χ1) is 9.13. The van der Waals surface area contributed by atoms with Crippen molar-refractivity contribution < 1.29 is 18.6 Å². The third-order valence-electron chi connectivity index (χ3n) is 3.32. The SMILES string of the molecule is Oc1ccc(OCC2CCCN(CC(F)F)C2)cc1. The number of hydrogen-bond donors (Lipinski definition) is 1. The highest BCUT2D eigenvalue weighted by atomic mass is 19.3. The Morgan fingerprint density at radius 1 is 1.32 bits per heavy atom. The lowest BCUT2D eigenvalue weighted by Gasteiger charge is -2.32. The fourth-order valence-corrected chi connectivity index (χ4v) is 2.40. The van der Waals surface area contributed by atoms with E-state index < -0.39 is 6.43 Å². The summed E-state index contributed by atoms with van der Waals surface area (Å²) in [5.41, 5.74) is 0. The van der Waals surface area contributed by atoms with Crippen molar-refractivity contribution in [3.63, 3.8) is 0 Å². The molecule has 106 valence electrons. The van der Waals surface area contributed by atoms with E-state index in [2.05, 4.69) is 0 Å². The van der Waals surface area contributed by atoms with Crippen molar-refractivity contribution in [2.45, 2.75) is 19.3 Å². The van der Waals surface area contributed by atoms with Crippen LogP contribution in [0.1, 0.15) is 12.8 Å². The average molecular weight is 271 g/mol. The molecule has 1 aromatic carbocycles. The van der Waals surface area contributed by atoms with Crippen LogP contribution >= 0.6 is 0 Å². The Hall–Kier alpha value is -1.36. The maximum atomic E-state index is 12.3. The zero-order chi connectivity index (χ0) is 13.7. The molecule has 1 heterocycles. The van der Waals surface area contributed by atoms with Crippen LogP contribution in [0.2, 0.25) is 0 Å². The highest BCUT2D eigenvalue weighted by Gasteiger charge is 2.22. The molecule has 1 N–H and O–H groups in total. The van der Waals surface area contributed by atoms with Gasteiger partial charge in [0.15, 0.2) is 0 Å². The Labute approximate surface area is 111 Å². The third-order valence-corrected chi connectivity index (χ3v) is 3.32. The highest BCUT2D eigenvalue weighted by Crippen LogP contribution is 2.20. The molecule has 0 saturated carbocycles. The van der Waals surface area contributed by atoms with Gasteiger partial charge in [0, 0.05) is 12.5 Å². The van der Waals surface area contributed by atoms with E-state index >= 15 is 0 Å². The van der Waals surface area contributed by atoms with E-state index in [9.17, 15) is 8.78 Å². The Bertz CT molecular complexity index is 384. The van der Waals surface area contributed by atoms with Crippen LogP contribution in [0.3, 0.4) is 0 Å². The molecule has 0 aromatic heterocycles. The number of likely N-dealkylation sites (tertiary alicyclic amines) is 1. The number of phenolic OH excluding ortho intramolecular Hbond substituents is 1. The van der Waals surface area contributed by atoms with E-state index in [-0.39, 0.29) is 12.3 Å². The predicted molar refractivity (Wildman–Crippen MR) is 68.8 cm³/mol. The second-order valence-electron chi connectivity index (χ2n) is 4.96. The van der Waals surface area contributed by atoms with E-state index in [1.807, 2.05) is 0 Å². The second kappa shape index (κ2) is 6.70. The molecule has 1 aliphatic rings. The molecule has 0 radical (unpaired) electrons. The molecule has 0 spiro atoms. The van der Waals surface area contributed by atoms with Gasteiger partial charge in [0.05, 0.1) is 13.2 Å². The fraction of sp³-hybridized carbons (Fsp3) is 0.571. The summed E-state index contributed by atoms with van der Waals surface area (Å²) in [4.78, 5) is 1.80. The fourth-order valence-electron chi connectivity index (χ4n) is 2.40. The molecule has 1 fully saturated rings. The van der Waals surface area contributed by atoms with E-state index in [0.717, 1.165) is 19.4 Å². The van der Waals surface area contributed by atoms with Gasteiger partial charge in [-0.25, -0.2) is 8.78 Å². The summed E-state index contributed by atoms with van der Waals surface area (Å²) in [5, 5.41) is 9.16. The minimum absolute atomic E-state index is 0.143. The summed E-state index contributed by atoms with van der Waals surface area (Å²) in [6.45, 7) is 1.81. The monoisotopic (exact) mass is 271 g/mol. The molecule has 1 unspecified atom stereocenters. The highest BCUT2D eigenvalue weighted by molar-refractivity contribution is 5.30. The zero-order valence-corrected chi connectivity index (χ0v) is 10.8. The number of piperidine rings is 1. The van der Waals surface area contributed by atoms with Crippen molar-refractivity contribution in [1.82, 2.24) is 4.90 Å². The number of benzene rings is 1. The third kappa shape index (κ3) is 4.67. The zero-order valence-electron chi connectivity index (χ0n) is 10.8. The van der Waals surface area contributed by atoms with E-state index in [1.165, 1.54) is 0 Å². The summed E-state index contributed by atoms with van der Waals surface area (Å²) < 4.78 is 30.3. The van der Waals surface area contributed by atoms with Gasteiger partial charge >= 0.3 is 0 Å². The normalized spacial score (nSPS) is 20.7. The van der Waals surface area contributed by atoms with E-state index in [0.29, 0.717) is 24.8 Å². The van der Waals surface area contributed by atoms with Crippen molar-refractivity contribution in [1.29, 1.82) is 0 Å². The largest absolute Gasteiger partial charge is 0.508 e. The van der Waals surface area contributed by atoms with Crippen molar-refractivity contribution in [2.75, 3.05) is 26.2 Å². The Kier molecular flexibility index (Phi) is 4.96. The van der Waals surface area contributed by atoms with Gasteiger partial charge in [0.1, 0.15) is 11.5 Å². The van der Waals surface area contributed by atoms with Crippen molar-refractivity contribution >= 4 is 0 Å². The van der Waals surface area contributed by atoms with Crippen LogP contribution in [-0.4, -0.2) is 42.7 Å². The first-order valence-electron chi connectivity index (χ1n) is 6.56. The smallest absolute Gasteiger partial charge is 0.251 e. The summed E-state index contributed by atoms with van der Waals surface area (Å²) in [6, 6.07) is 6.54. The molecule has 1 saturated heterocycles. The number of rotatable bonds is 5. The molecule has 2 rings (SSSR count). The quantitative estimate of drug-likeness (QED) is 0.893. The lowest BCUT2D eigenvalue weighted by molar-refractivity contribution is 0.0552. The minimum Gasteiger partial charge on any atom is -0.508 e. The molecule has 1 aromatic rings. The van der Waals surface area contributed by atoms with Crippen molar-refractivity contribution in [3.05, 3.63) is 24.3 Å². The molecule has 0 aliphatic carbocycles. The maximum absolute atomic E-state index is 12.3. The number of hydrogen-bond acceptors (Lipinski definition) is 3. The Morgan fingerprint density at radius 2 is 2.05 bits per heavy atom. The van der Waals surface area contributed by atoms with Gasteiger partial charge in [-0.15, -0.1) is 0 Å². The van der Waals surface area contributed by atoms with E-state index in [1.54, 1.807) is 29.2 Å². The van der Waals surface area contributed by atoms with Gasteiger partial charge in [-0.05, 0) is 43.7 Å². The van der Waals surface area contributed by atoms with Crippen molar-refractivity contribution in [2.24, 2.45) is 5.92 Å². The summed E-state index contributed by atoms with van der Waals surface area (Å²) in [7, 11) is 0. The van der Waals surface area contributed by atoms with Gasteiger partial charge in [0.2, 0.25) is 0 Å². The topological polar surface area (TPSA) is 32.7 Å². The molecule has 19 heavy (non-hydrogen) atoms. The summed E-state index contributed by atoms with van der Waals surface area (Å²) in [6.07, 6.45) is -0.314. The van der Waals surface area contributed by atoms with Gasteiger partial charge in [-0.2, -0.15) is 0 Å². The molecule has 5 heteroatoms. The number of nitrogens with zero attached hydrogens (tertiary/aromatic N) is 1. The van der Waals surface area contributed by atoms with Crippen molar-refractivity contribution in [3.8, 4) is 11.5 Å². The molecular formula is C14H19F2NO2. The lowest BCUT2D eigenvalue weighted by atomic mass is 9.99. The number of phenols is 1. The Morgan fingerprint density at radius 3 is 2.74 bits per heavy atom. The van der Waals surface area contributed by atoms with Gasteiger partial charge < -0.3 is 9.84 Å². The van der Waals surface area contributed by atoms with Crippen LogP contribution in [-0.2, 0) is 0 Å². The molecule has 1 aliphatic heterocycles. The van der Waals surface area contributed by atoms with Crippen LogP contribution in [0, 0.1) is 5.92 Å². The summed E-state index contributed by atoms with van der Waals surface area (Å²) >= 11 is 0. The van der Waals surface area contributed by atoms with Gasteiger partial charge in [-0.3, -0.25) is 4.90 Å². The summed E-state index contributed by atoms with van der Waals surface area (Å²) in [5.74, 6) is 1.19. The average Bonchev–Trinajstić information content (AvgIpc) is 2.38. The molecule has 1 atom stereocenters. The van der Waals surface area contributed by atoms with Crippen LogP contribution in [0.25, 0.3) is 0 Å².